The van der Waals surface area contributed by atoms with Crippen LogP contribution in [0.2, 0.25) is 0 Å². The fourth-order valence-electron chi connectivity index (χ4n) is 3.12. The van der Waals surface area contributed by atoms with Crippen LogP contribution in [0.5, 0.6) is 5.88 Å². The maximum Gasteiger partial charge on any atom is 0.303 e. The molecule has 0 saturated carbocycles. The molecule has 0 amide bonds. The van der Waals surface area contributed by atoms with Gasteiger partial charge in [0.1, 0.15) is 10.8 Å². The van der Waals surface area contributed by atoms with Crippen LogP contribution in [0.25, 0.3) is 12.2 Å². The van der Waals surface area contributed by atoms with Gasteiger partial charge in [-0.25, -0.2) is 0 Å². The van der Waals surface area contributed by atoms with Crippen LogP contribution in [0, 0.1) is 14.6 Å². The molecule has 3 aromatic rings. The molecular weight excluding hydrogens is 408 g/mol. The van der Waals surface area contributed by atoms with Crippen LogP contribution in [0.15, 0.2) is 45.9 Å². The number of thiazole rings is 1. The Morgan fingerprint density at radius 1 is 1.28 bits per heavy atom. The molecule has 1 aliphatic heterocycles. The van der Waals surface area contributed by atoms with E-state index < -0.39 is 5.97 Å². The zero-order valence-electron chi connectivity index (χ0n) is 15.4. The van der Waals surface area contributed by atoms with E-state index in [0.717, 1.165) is 21.6 Å². The average molecular weight is 427 g/mol. The number of rotatable bonds is 6. The van der Waals surface area contributed by atoms with Crippen molar-refractivity contribution in [1.82, 2.24) is 4.57 Å². The van der Waals surface area contributed by atoms with Gasteiger partial charge in [0, 0.05) is 36.0 Å². The molecule has 0 spiro atoms. The Hall–Kier alpha value is -2.97. The first-order chi connectivity index (χ1) is 14.0. The number of furan rings is 1. The van der Waals surface area contributed by atoms with Crippen molar-refractivity contribution in [1.29, 1.82) is 0 Å². The number of nitrogens with zero attached hydrogens (tertiary/aromatic N) is 2. The molecule has 0 fully saturated rings. The molecule has 1 aromatic carbocycles. The first kappa shape index (κ1) is 19.4. The number of hydrogen-bond donors (Lipinski definition) is 2. The Balaban J connectivity index is 1.63. The van der Waals surface area contributed by atoms with E-state index in [2.05, 4.69) is 4.99 Å². The minimum atomic E-state index is -0.820. The number of aliphatic carboxylic acids is 1. The van der Waals surface area contributed by atoms with Crippen molar-refractivity contribution in [3.8, 4) is 5.88 Å². The lowest BCUT2D eigenvalue weighted by Gasteiger charge is -2.03. The molecule has 2 N–H and O–H groups in total. The second kappa shape index (κ2) is 8.18. The first-order valence-electron chi connectivity index (χ1n) is 9.12. The van der Waals surface area contributed by atoms with Crippen molar-refractivity contribution >= 4 is 41.7 Å². The maximum absolute atomic E-state index is 10.6. The van der Waals surface area contributed by atoms with Gasteiger partial charge >= 0.3 is 5.97 Å². The Labute approximate surface area is 174 Å². The number of carboxylic acids is 1. The highest BCUT2D eigenvalue weighted by Crippen LogP contribution is 2.27. The third-order valence-corrected chi connectivity index (χ3v) is 5.98. The number of aromatic nitrogens is 1. The van der Waals surface area contributed by atoms with Gasteiger partial charge in [0.15, 0.2) is 3.95 Å². The summed E-state index contributed by atoms with van der Waals surface area (Å²) in [6.45, 7) is 0.486. The Morgan fingerprint density at radius 3 is 2.97 bits per heavy atom. The summed E-state index contributed by atoms with van der Waals surface area (Å²) in [5.41, 5.74) is 2.40. The summed E-state index contributed by atoms with van der Waals surface area (Å²) in [6, 6.07) is 9.69. The van der Waals surface area contributed by atoms with Crippen LogP contribution in [-0.4, -0.2) is 20.7 Å². The molecule has 8 heteroatoms. The Kier molecular flexibility index (Phi) is 5.46. The maximum atomic E-state index is 10.6. The molecule has 0 saturated heterocycles. The van der Waals surface area contributed by atoms with E-state index in [1.54, 1.807) is 16.8 Å². The van der Waals surface area contributed by atoms with E-state index >= 15 is 0 Å². The van der Waals surface area contributed by atoms with Gasteiger partial charge in [0.05, 0.1) is 10.2 Å². The second-order valence-corrected chi connectivity index (χ2v) is 8.30. The molecule has 4 rings (SSSR count). The highest BCUT2D eigenvalue weighted by molar-refractivity contribution is 7.73. The summed E-state index contributed by atoms with van der Waals surface area (Å²) in [5.74, 6) is -0.739. The SMILES string of the molecule is O=C(O)CCCCn1c(O)c(C=c2ccc(=c3ccc4c(c3)C=CN=4)o2)sc1=S. The highest BCUT2D eigenvalue weighted by Gasteiger charge is 2.10. The molecule has 1 aliphatic rings. The van der Waals surface area contributed by atoms with Gasteiger partial charge in [-0.2, -0.15) is 0 Å². The molecule has 2 aromatic heterocycles. The standard InChI is InChI=1S/C21H18N2O4S2/c24-19(25)3-1-2-10-23-20(26)18(29-21(23)28)12-15-5-7-17(27-15)14-4-6-16-13(11-14)8-9-22-16/h4-9,11-12,26H,1-3,10H2,(H,24,25). The monoisotopic (exact) mass is 426 g/mol. The minimum Gasteiger partial charge on any atom is -0.493 e. The van der Waals surface area contributed by atoms with Gasteiger partial charge in [0.25, 0.3) is 0 Å². The lowest BCUT2D eigenvalue weighted by Crippen LogP contribution is -2.00. The second-order valence-electron chi connectivity index (χ2n) is 6.62. The van der Waals surface area contributed by atoms with Crippen LogP contribution in [0.4, 0.5) is 0 Å². The van der Waals surface area contributed by atoms with Gasteiger partial charge in [-0.05, 0) is 61.5 Å². The van der Waals surface area contributed by atoms with Crippen molar-refractivity contribution in [3.63, 3.8) is 0 Å². The van der Waals surface area contributed by atoms with Crippen LogP contribution in [0.1, 0.15) is 29.7 Å². The molecule has 0 unspecified atom stereocenters. The highest BCUT2D eigenvalue weighted by atomic mass is 32.1. The van der Waals surface area contributed by atoms with Crippen molar-refractivity contribution in [2.24, 2.45) is 4.99 Å². The van der Waals surface area contributed by atoms with Gasteiger partial charge in [-0.1, -0.05) is 0 Å². The molecule has 148 valence electrons. The lowest BCUT2D eigenvalue weighted by molar-refractivity contribution is -0.137. The largest absolute Gasteiger partial charge is 0.493 e. The molecule has 29 heavy (non-hydrogen) atoms. The number of hydrogen-bond acceptors (Lipinski definition) is 6. The summed E-state index contributed by atoms with van der Waals surface area (Å²) in [4.78, 5) is 15.5. The molecule has 0 bridgehead atoms. The van der Waals surface area contributed by atoms with Crippen LogP contribution in [0.3, 0.4) is 0 Å². The van der Waals surface area contributed by atoms with Crippen molar-refractivity contribution in [2.45, 2.75) is 25.8 Å². The summed E-state index contributed by atoms with van der Waals surface area (Å²) in [7, 11) is 0. The number of carboxylic acid groups (broad SMARTS) is 1. The Morgan fingerprint density at radius 2 is 2.14 bits per heavy atom. The van der Waals surface area contributed by atoms with Crippen LogP contribution in [-0.2, 0) is 11.3 Å². The summed E-state index contributed by atoms with van der Waals surface area (Å²) in [6.07, 6.45) is 6.77. The van der Waals surface area contributed by atoms with Gasteiger partial charge in [-0.15, -0.1) is 11.3 Å². The molecule has 0 atom stereocenters. The summed E-state index contributed by atoms with van der Waals surface area (Å²) in [5, 5.41) is 21.1. The van der Waals surface area contributed by atoms with Gasteiger partial charge in [-0.3, -0.25) is 14.4 Å². The van der Waals surface area contributed by atoms with E-state index in [-0.39, 0.29) is 12.3 Å². The molecule has 6 nitrogen and oxygen atoms in total. The normalized spacial score (nSPS) is 14.1. The van der Waals surface area contributed by atoms with E-state index in [9.17, 15) is 9.90 Å². The third-order valence-electron chi connectivity index (χ3n) is 4.60. The third kappa shape index (κ3) is 4.23. The average Bonchev–Trinajstić information content (AvgIpc) is 3.40. The van der Waals surface area contributed by atoms with Crippen LogP contribution < -0.4 is 10.8 Å². The molecular formula is C21H18N2O4S2. The summed E-state index contributed by atoms with van der Waals surface area (Å²) >= 11 is 6.64. The predicted molar refractivity (Wildman–Crippen MR) is 112 cm³/mol. The van der Waals surface area contributed by atoms with Gasteiger partial charge in [0.2, 0.25) is 5.88 Å². The Bertz CT molecular complexity index is 1380. The lowest BCUT2D eigenvalue weighted by atomic mass is 10.2. The number of aromatic hydroxyl groups is 1. The smallest absolute Gasteiger partial charge is 0.303 e. The fourth-order valence-corrected chi connectivity index (χ4v) is 4.42. The molecule has 3 heterocycles. The van der Waals surface area contributed by atoms with E-state index in [1.807, 2.05) is 36.4 Å². The predicted octanol–water partition coefficient (Wildman–Crippen LogP) is 3.55. The molecule has 0 aliphatic carbocycles. The minimum absolute atomic E-state index is 0.0811. The van der Waals surface area contributed by atoms with Crippen LogP contribution >= 0.6 is 23.6 Å². The topological polar surface area (TPSA) is 88.0 Å². The summed E-state index contributed by atoms with van der Waals surface area (Å²) < 4.78 is 8.12. The number of carbonyl (C=O) groups is 1. The zero-order valence-corrected chi connectivity index (χ0v) is 17.0. The van der Waals surface area contributed by atoms with Gasteiger partial charge < -0.3 is 14.6 Å². The van der Waals surface area contributed by atoms with Crippen molar-refractivity contribution in [3.05, 3.63) is 72.3 Å². The van der Waals surface area contributed by atoms with Crippen molar-refractivity contribution in [2.75, 3.05) is 0 Å². The number of benzene rings is 1. The van der Waals surface area contributed by atoms with E-state index in [4.69, 9.17) is 21.7 Å². The van der Waals surface area contributed by atoms with E-state index in [0.29, 0.717) is 33.6 Å². The number of fused-ring (bicyclic) bond motifs is 1. The first-order valence-corrected chi connectivity index (χ1v) is 10.3. The fraction of sp³-hybridized carbons (Fsp3) is 0.190. The molecule has 0 radical (unpaired) electrons. The van der Waals surface area contributed by atoms with Crippen molar-refractivity contribution < 1.29 is 19.4 Å². The number of unbranched alkanes of at least 4 members (excludes halogenated alkanes) is 1. The zero-order chi connectivity index (χ0) is 20.4. The van der Waals surface area contributed by atoms with E-state index in [1.165, 1.54) is 11.3 Å². The quantitative estimate of drug-likeness (QED) is 0.465.